The van der Waals surface area contributed by atoms with Crippen molar-refractivity contribution in [3.05, 3.63) is 35.4 Å². The molecule has 0 aromatic heterocycles. The van der Waals surface area contributed by atoms with Gasteiger partial charge in [0.1, 0.15) is 0 Å². The van der Waals surface area contributed by atoms with Gasteiger partial charge in [0.25, 0.3) is 0 Å². The van der Waals surface area contributed by atoms with E-state index in [9.17, 15) is 9.59 Å². The van der Waals surface area contributed by atoms with Crippen LogP contribution in [0.5, 0.6) is 0 Å². The molecule has 1 aromatic rings. The van der Waals surface area contributed by atoms with Crippen LogP contribution in [-0.2, 0) is 16.0 Å². The highest BCUT2D eigenvalue weighted by Crippen LogP contribution is 2.15. The molecule has 0 saturated carbocycles. The Morgan fingerprint density at radius 3 is 2.24 bits per heavy atom. The van der Waals surface area contributed by atoms with Gasteiger partial charge in [0.15, 0.2) is 0 Å². The maximum absolute atomic E-state index is 11.7. The lowest BCUT2D eigenvalue weighted by molar-refractivity contribution is -0.137. The van der Waals surface area contributed by atoms with Crippen LogP contribution in [0.1, 0.15) is 57.2 Å². The van der Waals surface area contributed by atoms with E-state index < -0.39 is 5.97 Å². The second-order valence-corrected chi connectivity index (χ2v) is 5.88. The first-order chi connectivity index (χ1) is 9.88. The fourth-order valence-electron chi connectivity index (χ4n) is 2.21. The van der Waals surface area contributed by atoms with Gasteiger partial charge in [0.2, 0.25) is 5.91 Å². The molecule has 0 spiro atoms. The molecule has 0 radical (unpaired) electrons. The van der Waals surface area contributed by atoms with Gasteiger partial charge >= 0.3 is 5.97 Å². The highest BCUT2D eigenvalue weighted by molar-refractivity contribution is 5.77. The van der Waals surface area contributed by atoms with Gasteiger partial charge in [0.05, 0.1) is 6.04 Å². The van der Waals surface area contributed by atoms with Gasteiger partial charge in [-0.05, 0) is 36.8 Å². The van der Waals surface area contributed by atoms with Crippen molar-refractivity contribution in [1.82, 2.24) is 5.32 Å². The second-order valence-electron chi connectivity index (χ2n) is 5.88. The molecule has 2 N–H and O–H groups in total. The maximum Gasteiger partial charge on any atom is 0.303 e. The van der Waals surface area contributed by atoms with E-state index in [0.29, 0.717) is 12.3 Å². The quantitative estimate of drug-likeness (QED) is 0.772. The Kier molecular flexibility index (Phi) is 6.92. The van der Waals surface area contributed by atoms with Crippen LogP contribution in [0.2, 0.25) is 0 Å². The van der Waals surface area contributed by atoms with Crippen LogP contribution < -0.4 is 5.32 Å². The summed E-state index contributed by atoms with van der Waals surface area (Å²) in [4.78, 5) is 22.1. The standard InChI is InChI=1S/C17H25NO3/c1-12(2)11-14-7-9-15(10-8-14)13(3)18-16(19)5-4-6-17(20)21/h7-10,12-13H,4-6,11H2,1-3H3,(H,18,19)(H,20,21). The van der Waals surface area contributed by atoms with Crippen molar-refractivity contribution < 1.29 is 14.7 Å². The van der Waals surface area contributed by atoms with Crippen LogP contribution in [0, 0.1) is 5.92 Å². The maximum atomic E-state index is 11.7. The molecule has 0 heterocycles. The summed E-state index contributed by atoms with van der Waals surface area (Å²) >= 11 is 0. The van der Waals surface area contributed by atoms with E-state index in [0.717, 1.165) is 12.0 Å². The molecule has 21 heavy (non-hydrogen) atoms. The van der Waals surface area contributed by atoms with Crippen molar-refractivity contribution in [2.24, 2.45) is 5.92 Å². The summed E-state index contributed by atoms with van der Waals surface area (Å²) in [6.07, 6.45) is 1.71. The molecular weight excluding hydrogens is 266 g/mol. The van der Waals surface area contributed by atoms with Crippen molar-refractivity contribution in [1.29, 1.82) is 0 Å². The summed E-state index contributed by atoms with van der Waals surface area (Å²) in [5, 5.41) is 11.4. The number of hydrogen-bond donors (Lipinski definition) is 2. The zero-order valence-corrected chi connectivity index (χ0v) is 13.1. The third-order valence-electron chi connectivity index (χ3n) is 3.30. The van der Waals surface area contributed by atoms with E-state index in [1.54, 1.807) is 0 Å². The summed E-state index contributed by atoms with van der Waals surface area (Å²) in [5.41, 5.74) is 2.36. The zero-order chi connectivity index (χ0) is 15.8. The van der Waals surface area contributed by atoms with Crippen molar-refractivity contribution in [2.75, 3.05) is 0 Å². The van der Waals surface area contributed by atoms with E-state index in [4.69, 9.17) is 5.11 Å². The molecule has 116 valence electrons. The lowest BCUT2D eigenvalue weighted by Gasteiger charge is -2.15. The molecule has 4 heteroatoms. The number of carboxylic acids is 1. The number of carbonyl (C=O) groups excluding carboxylic acids is 1. The van der Waals surface area contributed by atoms with Gasteiger partial charge in [-0.3, -0.25) is 9.59 Å². The summed E-state index contributed by atoms with van der Waals surface area (Å²) in [6.45, 7) is 6.31. The number of nitrogens with one attached hydrogen (secondary N) is 1. The van der Waals surface area contributed by atoms with Crippen molar-refractivity contribution in [3.8, 4) is 0 Å². The predicted octanol–water partition coefficient (Wildman–Crippen LogP) is 3.32. The van der Waals surface area contributed by atoms with Crippen molar-refractivity contribution >= 4 is 11.9 Å². The van der Waals surface area contributed by atoms with Crippen LogP contribution >= 0.6 is 0 Å². The Hall–Kier alpha value is -1.84. The number of aliphatic carboxylic acids is 1. The van der Waals surface area contributed by atoms with Crippen LogP contribution in [0.3, 0.4) is 0 Å². The highest BCUT2D eigenvalue weighted by Gasteiger charge is 2.10. The minimum absolute atomic E-state index is 0.0334. The number of benzene rings is 1. The number of amides is 1. The van der Waals surface area contributed by atoms with E-state index in [1.165, 1.54) is 5.56 Å². The predicted molar refractivity (Wildman–Crippen MR) is 83.0 cm³/mol. The van der Waals surface area contributed by atoms with Gasteiger partial charge in [-0.2, -0.15) is 0 Å². The van der Waals surface area contributed by atoms with Gasteiger partial charge in [-0.25, -0.2) is 0 Å². The molecule has 1 rings (SSSR count). The van der Waals surface area contributed by atoms with Crippen LogP contribution in [-0.4, -0.2) is 17.0 Å². The van der Waals surface area contributed by atoms with E-state index in [2.05, 4.69) is 31.3 Å². The van der Waals surface area contributed by atoms with Crippen molar-refractivity contribution in [2.45, 2.75) is 52.5 Å². The fraction of sp³-hybridized carbons (Fsp3) is 0.529. The second kappa shape index (κ2) is 8.45. The molecule has 4 nitrogen and oxygen atoms in total. The topological polar surface area (TPSA) is 66.4 Å². The Balaban J connectivity index is 2.45. The Morgan fingerprint density at radius 1 is 1.10 bits per heavy atom. The smallest absolute Gasteiger partial charge is 0.303 e. The molecule has 0 aliphatic carbocycles. The molecule has 0 aliphatic heterocycles. The lowest BCUT2D eigenvalue weighted by Crippen LogP contribution is -2.26. The number of carbonyl (C=O) groups is 2. The molecule has 1 unspecified atom stereocenters. The van der Waals surface area contributed by atoms with Gasteiger partial charge in [-0.1, -0.05) is 38.1 Å². The fourth-order valence-corrected chi connectivity index (χ4v) is 2.21. The molecular formula is C17H25NO3. The Morgan fingerprint density at radius 2 is 1.71 bits per heavy atom. The lowest BCUT2D eigenvalue weighted by atomic mass is 10.00. The molecule has 1 amide bonds. The largest absolute Gasteiger partial charge is 0.481 e. The highest BCUT2D eigenvalue weighted by atomic mass is 16.4. The average molecular weight is 291 g/mol. The molecule has 0 bridgehead atoms. The SMILES string of the molecule is CC(C)Cc1ccc(C(C)NC(=O)CCCC(=O)O)cc1. The molecule has 0 fully saturated rings. The van der Waals surface area contributed by atoms with Gasteiger partial charge < -0.3 is 10.4 Å². The Bertz CT molecular complexity index is 465. The minimum Gasteiger partial charge on any atom is -0.481 e. The van der Waals surface area contributed by atoms with E-state index >= 15 is 0 Å². The number of rotatable bonds is 8. The minimum atomic E-state index is -0.864. The van der Waals surface area contributed by atoms with Crippen LogP contribution in [0.4, 0.5) is 0 Å². The van der Waals surface area contributed by atoms with Crippen LogP contribution in [0.25, 0.3) is 0 Å². The Labute approximate surface area is 126 Å². The summed E-state index contributed by atoms with van der Waals surface area (Å²) in [7, 11) is 0. The molecule has 0 aliphatic rings. The van der Waals surface area contributed by atoms with Gasteiger partial charge in [-0.15, -0.1) is 0 Å². The average Bonchev–Trinajstić information content (AvgIpc) is 2.38. The monoisotopic (exact) mass is 291 g/mol. The summed E-state index contributed by atoms with van der Waals surface area (Å²) < 4.78 is 0. The first-order valence-electron chi connectivity index (χ1n) is 7.48. The molecule has 1 atom stereocenters. The molecule has 1 aromatic carbocycles. The van der Waals surface area contributed by atoms with Gasteiger partial charge in [0, 0.05) is 12.8 Å². The normalized spacial score (nSPS) is 12.2. The summed E-state index contributed by atoms with van der Waals surface area (Å²) in [5.74, 6) is -0.339. The number of hydrogen-bond acceptors (Lipinski definition) is 2. The first-order valence-corrected chi connectivity index (χ1v) is 7.48. The third-order valence-corrected chi connectivity index (χ3v) is 3.30. The van der Waals surface area contributed by atoms with E-state index in [1.807, 2.05) is 19.1 Å². The summed E-state index contributed by atoms with van der Waals surface area (Å²) in [6, 6.07) is 8.22. The zero-order valence-electron chi connectivity index (χ0n) is 13.1. The van der Waals surface area contributed by atoms with Crippen molar-refractivity contribution in [3.63, 3.8) is 0 Å². The number of carboxylic acid groups (broad SMARTS) is 1. The van der Waals surface area contributed by atoms with Crippen LogP contribution in [0.15, 0.2) is 24.3 Å². The molecule has 0 saturated heterocycles. The van der Waals surface area contributed by atoms with E-state index in [-0.39, 0.29) is 24.8 Å². The third kappa shape index (κ3) is 6.93. The first kappa shape index (κ1) is 17.2.